The molecular weight excluding hydrogens is 340 g/mol. The summed E-state index contributed by atoms with van der Waals surface area (Å²) in [5.74, 6) is 0.762. The Morgan fingerprint density at radius 1 is 1.22 bits per heavy atom. The van der Waals surface area contributed by atoms with E-state index >= 15 is 0 Å². The fraction of sp³-hybridized carbons (Fsp3) is 0.318. The van der Waals surface area contributed by atoms with Gasteiger partial charge in [0.2, 0.25) is 5.91 Å². The minimum atomic E-state index is -0.00675. The molecule has 5 nitrogen and oxygen atoms in total. The van der Waals surface area contributed by atoms with Crippen LogP contribution in [0.5, 0.6) is 5.75 Å². The van der Waals surface area contributed by atoms with Crippen molar-refractivity contribution >= 4 is 17.7 Å². The van der Waals surface area contributed by atoms with E-state index in [1.807, 2.05) is 42.5 Å². The fourth-order valence-electron chi connectivity index (χ4n) is 3.11. The predicted octanol–water partition coefficient (Wildman–Crippen LogP) is 3.44. The van der Waals surface area contributed by atoms with E-state index in [0.29, 0.717) is 19.6 Å². The summed E-state index contributed by atoms with van der Waals surface area (Å²) in [5.41, 5.74) is 1.95. The number of methoxy groups -OCH3 is 1. The van der Waals surface area contributed by atoms with Crippen LogP contribution < -0.4 is 10.1 Å². The fourth-order valence-corrected chi connectivity index (χ4v) is 3.11. The van der Waals surface area contributed by atoms with Crippen molar-refractivity contribution in [2.45, 2.75) is 12.5 Å². The molecule has 1 heterocycles. The van der Waals surface area contributed by atoms with Gasteiger partial charge >= 0.3 is 0 Å². The van der Waals surface area contributed by atoms with Crippen LogP contribution >= 0.6 is 0 Å². The lowest BCUT2D eigenvalue weighted by atomic mass is 10.1. The van der Waals surface area contributed by atoms with Crippen LogP contribution in [0.15, 0.2) is 60.7 Å². The lowest BCUT2D eigenvalue weighted by Crippen LogP contribution is -2.47. The highest BCUT2D eigenvalue weighted by atomic mass is 16.5. The Labute approximate surface area is 160 Å². The Morgan fingerprint density at radius 2 is 2.00 bits per heavy atom. The molecule has 1 saturated heterocycles. The number of nitrogens with zero attached hydrogens (tertiary/aromatic N) is 1. The zero-order valence-corrected chi connectivity index (χ0v) is 15.6. The molecule has 0 radical (unpaired) electrons. The lowest BCUT2D eigenvalue weighted by molar-refractivity contribution is -0.119. The van der Waals surface area contributed by atoms with E-state index in [9.17, 15) is 4.79 Å². The number of benzene rings is 2. The Hall–Kier alpha value is -2.63. The molecule has 142 valence electrons. The first-order chi connectivity index (χ1) is 13.2. The van der Waals surface area contributed by atoms with Crippen molar-refractivity contribution in [1.82, 2.24) is 4.90 Å². The van der Waals surface area contributed by atoms with Gasteiger partial charge in [0.15, 0.2) is 0 Å². The second-order valence-electron chi connectivity index (χ2n) is 6.52. The molecule has 2 aromatic carbocycles. The van der Waals surface area contributed by atoms with Crippen molar-refractivity contribution in [3.05, 3.63) is 66.2 Å². The van der Waals surface area contributed by atoms with Gasteiger partial charge in [0.1, 0.15) is 5.75 Å². The van der Waals surface area contributed by atoms with Gasteiger partial charge in [-0.05, 0) is 29.8 Å². The van der Waals surface area contributed by atoms with Gasteiger partial charge in [-0.2, -0.15) is 0 Å². The molecule has 1 aliphatic heterocycles. The normalized spacial score (nSPS) is 17.7. The molecule has 0 aromatic heterocycles. The third-order valence-electron chi connectivity index (χ3n) is 4.59. The predicted molar refractivity (Wildman–Crippen MR) is 108 cm³/mol. The van der Waals surface area contributed by atoms with Crippen LogP contribution in [0.4, 0.5) is 5.69 Å². The van der Waals surface area contributed by atoms with Gasteiger partial charge in [-0.15, -0.1) is 0 Å². The highest BCUT2D eigenvalue weighted by Gasteiger charge is 2.24. The number of rotatable bonds is 7. The van der Waals surface area contributed by atoms with Crippen molar-refractivity contribution in [2.24, 2.45) is 0 Å². The summed E-state index contributed by atoms with van der Waals surface area (Å²) in [4.78, 5) is 14.7. The SMILES string of the molecule is COc1ccc(NC(=O)C[C@@H]2COCCN2C/C=C/c2ccccc2)cc1. The molecule has 0 bridgehead atoms. The molecule has 1 atom stereocenters. The molecule has 27 heavy (non-hydrogen) atoms. The Balaban J connectivity index is 1.53. The molecule has 2 aromatic rings. The summed E-state index contributed by atoms with van der Waals surface area (Å²) in [7, 11) is 1.62. The van der Waals surface area contributed by atoms with Crippen molar-refractivity contribution in [1.29, 1.82) is 0 Å². The van der Waals surface area contributed by atoms with Gasteiger partial charge in [0.25, 0.3) is 0 Å². The average molecular weight is 366 g/mol. The summed E-state index contributed by atoms with van der Waals surface area (Å²) in [6, 6.07) is 17.7. The summed E-state index contributed by atoms with van der Waals surface area (Å²) in [6.07, 6.45) is 4.67. The van der Waals surface area contributed by atoms with E-state index in [2.05, 4.69) is 34.5 Å². The van der Waals surface area contributed by atoms with E-state index in [1.165, 1.54) is 5.56 Å². The monoisotopic (exact) mass is 366 g/mol. The van der Waals surface area contributed by atoms with Crippen LogP contribution in [-0.2, 0) is 9.53 Å². The Morgan fingerprint density at radius 3 is 2.74 bits per heavy atom. The minimum absolute atomic E-state index is 0.00675. The lowest BCUT2D eigenvalue weighted by Gasteiger charge is -2.34. The second-order valence-corrected chi connectivity index (χ2v) is 6.52. The first-order valence-corrected chi connectivity index (χ1v) is 9.22. The molecule has 0 unspecified atom stereocenters. The smallest absolute Gasteiger partial charge is 0.226 e. The molecule has 1 fully saturated rings. The third kappa shape index (κ3) is 5.94. The van der Waals surface area contributed by atoms with Gasteiger partial charge < -0.3 is 14.8 Å². The number of ether oxygens (including phenoxy) is 2. The van der Waals surface area contributed by atoms with E-state index < -0.39 is 0 Å². The van der Waals surface area contributed by atoms with Gasteiger partial charge in [-0.3, -0.25) is 9.69 Å². The van der Waals surface area contributed by atoms with E-state index in [4.69, 9.17) is 9.47 Å². The van der Waals surface area contributed by atoms with Crippen molar-refractivity contribution in [3.63, 3.8) is 0 Å². The molecule has 0 aliphatic carbocycles. The molecule has 0 spiro atoms. The van der Waals surface area contributed by atoms with Crippen LogP contribution in [0.1, 0.15) is 12.0 Å². The quantitative estimate of drug-likeness (QED) is 0.816. The summed E-state index contributed by atoms with van der Waals surface area (Å²) >= 11 is 0. The molecule has 3 rings (SSSR count). The summed E-state index contributed by atoms with van der Waals surface area (Å²) in [5, 5.41) is 2.95. The van der Waals surface area contributed by atoms with Crippen molar-refractivity contribution in [3.8, 4) is 5.75 Å². The Kier molecular flexibility index (Phi) is 7.02. The van der Waals surface area contributed by atoms with Crippen LogP contribution in [0.3, 0.4) is 0 Å². The summed E-state index contributed by atoms with van der Waals surface area (Å²) < 4.78 is 10.7. The maximum atomic E-state index is 12.4. The van der Waals surface area contributed by atoms with Crippen molar-refractivity contribution < 1.29 is 14.3 Å². The molecule has 1 amide bonds. The standard InChI is InChI=1S/C22H26N2O3/c1-26-21-11-9-19(10-12-21)23-22(25)16-20-17-27-15-14-24(20)13-5-8-18-6-3-2-4-7-18/h2-12,20H,13-17H2,1H3,(H,23,25)/b8-5+/t20-/m1/s1. The number of nitrogens with one attached hydrogen (secondary N) is 1. The first kappa shape index (κ1) is 19.1. The van der Waals surface area contributed by atoms with Gasteiger partial charge in [-0.25, -0.2) is 0 Å². The van der Waals surface area contributed by atoms with Crippen LogP contribution in [-0.4, -0.2) is 50.3 Å². The molecular formula is C22H26N2O3. The third-order valence-corrected chi connectivity index (χ3v) is 4.59. The van der Waals surface area contributed by atoms with Crippen molar-refractivity contribution in [2.75, 3.05) is 38.7 Å². The van der Waals surface area contributed by atoms with Gasteiger partial charge in [0, 0.05) is 31.2 Å². The maximum Gasteiger partial charge on any atom is 0.226 e. The van der Waals surface area contributed by atoms with Crippen LogP contribution in [0.2, 0.25) is 0 Å². The number of hydrogen-bond donors (Lipinski definition) is 1. The van der Waals surface area contributed by atoms with Crippen LogP contribution in [0.25, 0.3) is 6.08 Å². The number of anilines is 1. The van der Waals surface area contributed by atoms with E-state index in [1.54, 1.807) is 7.11 Å². The highest BCUT2D eigenvalue weighted by molar-refractivity contribution is 5.91. The summed E-state index contributed by atoms with van der Waals surface area (Å²) in [6.45, 7) is 2.92. The first-order valence-electron chi connectivity index (χ1n) is 9.22. The zero-order chi connectivity index (χ0) is 18.9. The van der Waals surface area contributed by atoms with E-state index in [-0.39, 0.29) is 11.9 Å². The second kappa shape index (κ2) is 9.90. The van der Waals surface area contributed by atoms with Crippen LogP contribution in [0, 0.1) is 0 Å². The number of amides is 1. The number of morpholine rings is 1. The van der Waals surface area contributed by atoms with Gasteiger partial charge in [0.05, 0.1) is 20.3 Å². The molecule has 0 saturated carbocycles. The zero-order valence-electron chi connectivity index (χ0n) is 15.6. The number of carbonyl (C=O) groups is 1. The molecule has 5 heteroatoms. The highest BCUT2D eigenvalue weighted by Crippen LogP contribution is 2.17. The number of hydrogen-bond acceptors (Lipinski definition) is 4. The molecule has 1 aliphatic rings. The maximum absolute atomic E-state index is 12.4. The Bertz CT molecular complexity index is 744. The minimum Gasteiger partial charge on any atom is -0.497 e. The molecule has 1 N–H and O–H groups in total. The van der Waals surface area contributed by atoms with Gasteiger partial charge in [-0.1, -0.05) is 42.5 Å². The largest absolute Gasteiger partial charge is 0.497 e. The topological polar surface area (TPSA) is 50.8 Å². The number of carbonyl (C=O) groups excluding carboxylic acids is 1. The average Bonchev–Trinajstić information content (AvgIpc) is 2.70. The van der Waals surface area contributed by atoms with E-state index in [0.717, 1.165) is 24.5 Å².